The summed E-state index contributed by atoms with van der Waals surface area (Å²) in [7, 11) is 2.32. The molecule has 0 atom stereocenters. The Labute approximate surface area is 178 Å². The lowest BCUT2D eigenvalue weighted by molar-refractivity contribution is -0.0511. The molecule has 0 saturated heterocycles. The fourth-order valence-corrected chi connectivity index (χ4v) is 3.45. The number of aromatic nitrogens is 1. The van der Waals surface area contributed by atoms with Crippen LogP contribution in [-0.4, -0.2) is 37.7 Å². The van der Waals surface area contributed by atoms with Crippen molar-refractivity contribution < 1.29 is 37.0 Å². The average molecular weight is 452 g/mol. The van der Waals surface area contributed by atoms with Crippen molar-refractivity contribution in [3.63, 3.8) is 0 Å². The summed E-state index contributed by atoms with van der Waals surface area (Å²) in [6, 6.07) is 8.06. The number of thiazole rings is 1. The monoisotopic (exact) mass is 452 g/mol. The zero-order valence-electron chi connectivity index (χ0n) is 16.1. The third-order valence-corrected chi connectivity index (χ3v) is 5.04. The molecule has 1 amide bonds. The molecule has 3 aromatic rings. The second-order valence-corrected chi connectivity index (χ2v) is 6.91. The molecule has 162 valence electrons. The van der Waals surface area contributed by atoms with E-state index in [2.05, 4.69) is 19.8 Å². The molecule has 0 aliphatic heterocycles. The fourth-order valence-electron chi connectivity index (χ4n) is 2.61. The largest absolute Gasteiger partial charge is 0.493 e. The van der Waals surface area contributed by atoms with Gasteiger partial charge >= 0.3 is 12.6 Å². The van der Waals surface area contributed by atoms with Gasteiger partial charge in [0.2, 0.25) is 0 Å². The fraction of sp³-hybridized carbons (Fsp3) is 0.150. The van der Waals surface area contributed by atoms with Crippen LogP contribution in [0.25, 0.3) is 10.6 Å². The van der Waals surface area contributed by atoms with E-state index < -0.39 is 30.1 Å². The summed E-state index contributed by atoms with van der Waals surface area (Å²) in [5, 5.41) is 2.71. The third kappa shape index (κ3) is 4.94. The molecule has 3 rings (SSSR count). The van der Waals surface area contributed by atoms with Crippen LogP contribution in [0.3, 0.4) is 0 Å². The van der Waals surface area contributed by atoms with E-state index in [1.807, 2.05) is 0 Å². The number of esters is 1. The zero-order valence-corrected chi connectivity index (χ0v) is 17.0. The number of ether oxygens (including phenoxy) is 3. The predicted molar refractivity (Wildman–Crippen MR) is 106 cm³/mol. The molecule has 2 aromatic carbocycles. The highest BCUT2D eigenvalue weighted by Crippen LogP contribution is 2.36. The van der Waals surface area contributed by atoms with Gasteiger partial charge in [0.25, 0.3) is 5.91 Å². The van der Waals surface area contributed by atoms with E-state index in [1.54, 1.807) is 6.07 Å². The molecule has 0 spiro atoms. The molecule has 0 unspecified atom stereocenters. The average Bonchev–Trinajstić information content (AvgIpc) is 3.23. The number of rotatable bonds is 7. The van der Waals surface area contributed by atoms with Gasteiger partial charge in [-0.1, -0.05) is 12.1 Å². The molecule has 0 radical (unpaired) electrons. The summed E-state index contributed by atoms with van der Waals surface area (Å²) >= 11 is 0.915. The highest BCUT2D eigenvalue weighted by atomic mass is 32.1. The number of nitrogens with one attached hydrogen (secondary N) is 1. The molecule has 0 bridgehead atoms. The van der Waals surface area contributed by atoms with Gasteiger partial charge in [0.1, 0.15) is 15.7 Å². The van der Waals surface area contributed by atoms with Gasteiger partial charge in [-0.25, -0.2) is 14.2 Å². The lowest BCUT2D eigenvalue weighted by Crippen LogP contribution is -2.15. The molecule has 0 saturated carbocycles. The van der Waals surface area contributed by atoms with E-state index in [9.17, 15) is 22.8 Å². The van der Waals surface area contributed by atoms with Gasteiger partial charge < -0.3 is 19.5 Å². The molecular weight excluding hydrogens is 437 g/mol. The van der Waals surface area contributed by atoms with Crippen molar-refractivity contribution in [2.75, 3.05) is 19.5 Å². The Morgan fingerprint density at radius 2 is 1.87 bits per heavy atom. The van der Waals surface area contributed by atoms with Crippen molar-refractivity contribution in [1.82, 2.24) is 4.98 Å². The number of benzene rings is 2. The lowest BCUT2D eigenvalue weighted by Gasteiger charge is -2.15. The van der Waals surface area contributed by atoms with Crippen LogP contribution in [0.1, 0.15) is 20.0 Å². The number of carbonyl (C=O) groups excluding carboxylic acids is 2. The maximum atomic E-state index is 14.0. The summed E-state index contributed by atoms with van der Waals surface area (Å²) in [5.74, 6) is -2.58. The van der Waals surface area contributed by atoms with Gasteiger partial charge in [0.15, 0.2) is 11.5 Å². The van der Waals surface area contributed by atoms with Gasteiger partial charge in [-0.3, -0.25) is 4.79 Å². The van der Waals surface area contributed by atoms with Crippen molar-refractivity contribution in [1.29, 1.82) is 0 Å². The first kappa shape index (κ1) is 22.1. The number of alkyl halides is 2. The Kier molecular flexibility index (Phi) is 6.75. The SMILES string of the molecule is COC(=O)c1cc(OC)c(OC(F)F)cc1NC(=O)c1cnc(-c2ccccc2F)s1. The normalized spacial score (nSPS) is 10.6. The number of methoxy groups -OCH3 is 2. The van der Waals surface area contributed by atoms with Crippen molar-refractivity contribution in [3.8, 4) is 22.1 Å². The van der Waals surface area contributed by atoms with Gasteiger partial charge in [-0.05, 0) is 12.1 Å². The number of hydrogen-bond acceptors (Lipinski definition) is 7. The Morgan fingerprint density at radius 3 is 2.52 bits per heavy atom. The highest BCUT2D eigenvalue weighted by Gasteiger charge is 2.22. The van der Waals surface area contributed by atoms with Gasteiger partial charge in [-0.15, -0.1) is 11.3 Å². The standard InChI is InChI=1S/C20H15F3N2O5S/c1-28-14-7-11(19(27)29-2)13(8-15(14)30-20(22)23)25-17(26)16-9-24-18(31-16)10-5-3-4-6-12(10)21/h3-9,20H,1-2H3,(H,25,26). The van der Waals surface area contributed by atoms with Crippen molar-refractivity contribution in [2.45, 2.75) is 6.61 Å². The molecule has 1 heterocycles. The van der Waals surface area contributed by atoms with Crippen molar-refractivity contribution in [2.24, 2.45) is 0 Å². The van der Waals surface area contributed by atoms with Crippen LogP contribution in [0.4, 0.5) is 18.9 Å². The minimum absolute atomic E-state index is 0.0983. The summed E-state index contributed by atoms with van der Waals surface area (Å²) in [6.07, 6.45) is 1.24. The van der Waals surface area contributed by atoms with Crippen LogP contribution in [0.2, 0.25) is 0 Å². The molecule has 0 aliphatic rings. The van der Waals surface area contributed by atoms with E-state index in [4.69, 9.17) is 4.74 Å². The Morgan fingerprint density at radius 1 is 1.13 bits per heavy atom. The maximum absolute atomic E-state index is 14.0. The molecule has 1 aromatic heterocycles. The van der Waals surface area contributed by atoms with Gasteiger partial charge in [-0.2, -0.15) is 8.78 Å². The minimum Gasteiger partial charge on any atom is -0.493 e. The quantitative estimate of drug-likeness (QED) is 0.528. The molecular formula is C20H15F3N2O5S. The van der Waals surface area contributed by atoms with Crippen LogP contribution in [0, 0.1) is 5.82 Å². The molecule has 31 heavy (non-hydrogen) atoms. The Hall–Kier alpha value is -3.60. The first-order valence-corrected chi connectivity index (χ1v) is 9.43. The van der Waals surface area contributed by atoms with Crippen LogP contribution in [-0.2, 0) is 4.74 Å². The molecule has 0 fully saturated rings. The molecule has 0 aliphatic carbocycles. The van der Waals surface area contributed by atoms with E-state index in [-0.39, 0.29) is 32.4 Å². The third-order valence-electron chi connectivity index (χ3n) is 4.01. The number of anilines is 1. The zero-order chi connectivity index (χ0) is 22.5. The van der Waals surface area contributed by atoms with Crippen molar-refractivity contribution >= 4 is 28.9 Å². The minimum atomic E-state index is -3.16. The summed E-state index contributed by atoms with van der Waals surface area (Å²) in [4.78, 5) is 28.9. The van der Waals surface area contributed by atoms with Crippen LogP contribution >= 0.6 is 11.3 Å². The van der Waals surface area contributed by atoms with E-state index in [1.165, 1.54) is 31.5 Å². The maximum Gasteiger partial charge on any atom is 0.387 e. The second-order valence-electron chi connectivity index (χ2n) is 5.88. The first-order valence-electron chi connectivity index (χ1n) is 8.61. The number of nitrogens with zero attached hydrogens (tertiary/aromatic N) is 1. The summed E-state index contributed by atoms with van der Waals surface area (Å²) in [6.45, 7) is -3.16. The van der Waals surface area contributed by atoms with Crippen LogP contribution in [0.15, 0.2) is 42.6 Å². The van der Waals surface area contributed by atoms with E-state index in [0.29, 0.717) is 0 Å². The molecule has 1 N–H and O–H groups in total. The van der Waals surface area contributed by atoms with Crippen molar-refractivity contribution in [3.05, 3.63) is 58.9 Å². The second kappa shape index (κ2) is 9.47. The molecule has 7 nitrogen and oxygen atoms in total. The topological polar surface area (TPSA) is 86.8 Å². The predicted octanol–water partition coefficient (Wildman–Crippen LogP) is 4.60. The number of carbonyl (C=O) groups is 2. The number of amides is 1. The highest BCUT2D eigenvalue weighted by molar-refractivity contribution is 7.17. The lowest BCUT2D eigenvalue weighted by atomic mass is 10.1. The number of hydrogen-bond donors (Lipinski definition) is 1. The Bertz CT molecular complexity index is 1120. The van der Waals surface area contributed by atoms with Gasteiger partial charge in [0, 0.05) is 17.7 Å². The Balaban J connectivity index is 1.94. The summed E-state index contributed by atoms with van der Waals surface area (Å²) in [5.41, 5.74) is -0.0684. The summed E-state index contributed by atoms with van der Waals surface area (Å²) < 4.78 is 53.4. The van der Waals surface area contributed by atoms with E-state index in [0.717, 1.165) is 30.6 Å². The molecule has 11 heteroatoms. The van der Waals surface area contributed by atoms with Crippen LogP contribution in [0.5, 0.6) is 11.5 Å². The van der Waals surface area contributed by atoms with Crippen LogP contribution < -0.4 is 14.8 Å². The first-order chi connectivity index (χ1) is 14.8. The van der Waals surface area contributed by atoms with E-state index >= 15 is 0 Å². The number of halogens is 3. The van der Waals surface area contributed by atoms with Gasteiger partial charge in [0.05, 0.1) is 31.7 Å². The smallest absolute Gasteiger partial charge is 0.387 e.